The lowest BCUT2D eigenvalue weighted by Crippen LogP contribution is -2.02. The Kier molecular flexibility index (Phi) is 3.07. The van der Waals surface area contributed by atoms with Crippen molar-refractivity contribution in [3.05, 3.63) is 53.2 Å². The number of aromatic nitrogens is 1. The lowest BCUT2D eigenvalue weighted by Gasteiger charge is -2.04. The number of carboxylic acid groups (broad SMARTS) is 1. The zero-order chi connectivity index (χ0) is 13.1. The highest BCUT2D eigenvalue weighted by Gasteiger charge is 2.12. The van der Waals surface area contributed by atoms with E-state index in [1.807, 2.05) is 37.3 Å². The largest absolute Gasteiger partial charge is 0.478 e. The van der Waals surface area contributed by atoms with E-state index in [-0.39, 0.29) is 11.1 Å². The molecule has 0 saturated heterocycles. The number of aromatic carboxylic acids is 1. The molecule has 0 amide bonds. The van der Waals surface area contributed by atoms with Crippen LogP contribution in [0, 0.1) is 18.3 Å². The Morgan fingerprint density at radius 3 is 2.78 bits per heavy atom. The van der Waals surface area contributed by atoms with E-state index in [1.165, 1.54) is 12.3 Å². The van der Waals surface area contributed by atoms with Crippen molar-refractivity contribution in [3.63, 3.8) is 0 Å². The summed E-state index contributed by atoms with van der Waals surface area (Å²) in [7, 11) is 0. The van der Waals surface area contributed by atoms with Gasteiger partial charge < -0.3 is 5.11 Å². The van der Waals surface area contributed by atoms with Crippen LogP contribution in [-0.2, 0) is 0 Å². The van der Waals surface area contributed by atoms with Crippen molar-refractivity contribution in [1.29, 1.82) is 5.26 Å². The first-order valence-electron chi connectivity index (χ1n) is 5.32. The van der Waals surface area contributed by atoms with Gasteiger partial charge in [0.1, 0.15) is 6.07 Å². The first kappa shape index (κ1) is 11.8. The van der Waals surface area contributed by atoms with Gasteiger partial charge in [0.2, 0.25) is 0 Å². The molecule has 1 N–H and O–H groups in total. The predicted molar refractivity (Wildman–Crippen MR) is 66.1 cm³/mol. The summed E-state index contributed by atoms with van der Waals surface area (Å²) in [5.74, 6) is -1.12. The number of carboxylic acids is 1. The molecule has 1 aromatic carbocycles. The Morgan fingerprint density at radius 1 is 1.39 bits per heavy atom. The summed E-state index contributed by atoms with van der Waals surface area (Å²) in [5, 5.41) is 17.9. The van der Waals surface area contributed by atoms with E-state index in [2.05, 4.69) is 4.98 Å². The average Bonchev–Trinajstić information content (AvgIpc) is 2.38. The normalized spacial score (nSPS) is 9.78. The van der Waals surface area contributed by atoms with Crippen molar-refractivity contribution < 1.29 is 9.90 Å². The molecule has 4 nitrogen and oxygen atoms in total. The molecule has 0 spiro atoms. The smallest absolute Gasteiger partial charge is 0.337 e. The third-order valence-corrected chi connectivity index (χ3v) is 2.57. The van der Waals surface area contributed by atoms with E-state index >= 15 is 0 Å². The van der Waals surface area contributed by atoms with Gasteiger partial charge in [0, 0.05) is 11.8 Å². The van der Waals surface area contributed by atoms with Crippen LogP contribution in [0.2, 0.25) is 0 Å². The van der Waals surface area contributed by atoms with Gasteiger partial charge in [0.05, 0.1) is 16.8 Å². The number of nitriles is 1. The lowest BCUT2D eigenvalue weighted by atomic mass is 10.0. The van der Waals surface area contributed by atoms with E-state index in [1.54, 1.807) is 0 Å². The number of carbonyl (C=O) groups is 1. The summed E-state index contributed by atoms with van der Waals surface area (Å²) >= 11 is 0. The minimum absolute atomic E-state index is 0.0241. The number of nitrogens with zero attached hydrogens (tertiary/aromatic N) is 2. The van der Waals surface area contributed by atoms with E-state index in [0.717, 1.165) is 11.1 Å². The quantitative estimate of drug-likeness (QED) is 0.872. The molecular formula is C14H10N2O2. The fraction of sp³-hybridized carbons (Fsp3) is 0.0714. The van der Waals surface area contributed by atoms with Gasteiger partial charge in [-0.2, -0.15) is 5.26 Å². The van der Waals surface area contributed by atoms with Crippen LogP contribution in [0.15, 0.2) is 36.5 Å². The van der Waals surface area contributed by atoms with E-state index in [9.17, 15) is 4.79 Å². The average molecular weight is 238 g/mol. The predicted octanol–water partition coefficient (Wildman–Crippen LogP) is 2.63. The molecule has 2 rings (SSSR count). The first-order valence-corrected chi connectivity index (χ1v) is 5.32. The fourth-order valence-corrected chi connectivity index (χ4v) is 1.68. The number of hydrogen-bond acceptors (Lipinski definition) is 3. The lowest BCUT2D eigenvalue weighted by molar-refractivity contribution is 0.0696. The Labute approximate surface area is 104 Å². The van der Waals surface area contributed by atoms with Crippen LogP contribution < -0.4 is 0 Å². The molecule has 18 heavy (non-hydrogen) atoms. The molecule has 0 aliphatic carbocycles. The van der Waals surface area contributed by atoms with Gasteiger partial charge in [-0.05, 0) is 19.1 Å². The maximum absolute atomic E-state index is 11.1. The second kappa shape index (κ2) is 4.68. The molecule has 88 valence electrons. The third-order valence-electron chi connectivity index (χ3n) is 2.57. The van der Waals surface area contributed by atoms with Crippen LogP contribution in [0.5, 0.6) is 0 Å². The van der Waals surface area contributed by atoms with Crippen LogP contribution in [-0.4, -0.2) is 16.1 Å². The van der Waals surface area contributed by atoms with Gasteiger partial charge in [-0.1, -0.05) is 23.8 Å². The zero-order valence-electron chi connectivity index (χ0n) is 9.71. The zero-order valence-corrected chi connectivity index (χ0v) is 9.71. The molecule has 0 aliphatic rings. The highest BCUT2D eigenvalue weighted by molar-refractivity contribution is 5.91. The highest BCUT2D eigenvalue weighted by Crippen LogP contribution is 2.20. The van der Waals surface area contributed by atoms with Crippen molar-refractivity contribution in [1.82, 2.24) is 4.98 Å². The molecule has 0 unspecified atom stereocenters. The van der Waals surface area contributed by atoms with Crippen molar-refractivity contribution >= 4 is 5.97 Å². The monoisotopic (exact) mass is 238 g/mol. The minimum atomic E-state index is -1.12. The van der Waals surface area contributed by atoms with Crippen LogP contribution >= 0.6 is 0 Å². The minimum Gasteiger partial charge on any atom is -0.478 e. The van der Waals surface area contributed by atoms with Gasteiger partial charge in [-0.25, -0.2) is 4.79 Å². The van der Waals surface area contributed by atoms with Crippen molar-refractivity contribution in [3.8, 4) is 17.3 Å². The Morgan fingerprint density at radius 2 is 2.17 bits per heavy atom. The standard InChI is InChI=1S/C14H10N2O2/c1-9-3-2-4-10(5-9)13-6-12(14(17)18)11(7-15)8-16-13/h2-6,8H,1H3,(H,17,18). The maximum atomic E-state index is 11.1. The summed E-state index contributed by atoms with van der Waals surface area (Å²) < 4.78 is 0. The molecule has 0 atom stereocenters. The van der Waals surface area contributed by atoms with Gasteiger partial charge in [-0.15, -0.1) is 0 Å². The van der Waals surface area contributed by atoms with Crippen LogP contribution in [0.25, 0.3) is 11.3 Å². The second-order valence-electron chi connectivity index (χ2n) is 3.90. The second-order valence-corrected chi connectivity index (χ2v) is 3.90. The third kappa shape index (κ3) is 2.20. The molecule has 0 radical (unpaired) electrons. The Bertz CT molecular complexity index is 657. The molecule has 1 heterocycles. The van der Waals surface area contributed by atoms with Crippen molar-refractivity contribution in [2.45, 2.75) is 6.92 Å². The summed E-state index contributed by atoms with van der Waals surface area (Å²) in [5.41, 5.74) is 2.50. The first-order chi connectivity index (χ1) is 8.61. The van der Waals surface area contributed by atoms with Crippen molar-refractivity contribution in [2.24, 2.45) is 0 Å². The number of hydrogen-bond donors (Lipinski definition) is 1. The molecule has 0 fully saturated rings. The summed E-state index contributed by atoms with van der Waals surface area (Å²) in [6.45, 7) is 1.95. The Hall–Kier alpha value is -2.67. The van der Waals surface area contributed by atoms with E-state index in [0.29, 0.717) is 5.69 Å². The SMILES string of the molecule is Cc1cccc(-c2cc(C(=O)O)c(C#N)cn2)c1. The van der Waals surface area contributed by atoms with Gasteiger partial charge in [-0.3, -0.25) is 4.98 Å². The van der Waals surface area contributed by atoms with Crippen LogP contribution in [0.4, 0.5) is 0 Å². The topological polar surface area (TPSA) is 74.0 Å². The van der Waals surface area contributed by atoms with Gasteiger partial charge in [0.15, 0.2) is 0 Å². The molecule has 2 aromatic rings. The van der Waals surface area contributed by atoms with E-state index in [4.69, 9.17) is 10.4 Å². The van der Waals surface area contributed by atoms with Crippen LogP contribution in [0.3, 0.4) is 0 Å². The number of pyridine rings is 1. The van der Waals surface area contributed by atoms with Crippen LogP contribution in [0.1, 0.15) is 21.5 Å². The number of benzene rings is 1. The summed E-state index contributed by atoms with van der Waals surface area (Å²) in [6.07, 6.45) is 1.29. The molecule has 1 aromatic heterocycles. The van der Waals surface area contributed by atoms with Crippen molar-refractivity contribution in [2.75, 3.05) is 0 Å². The molecular weight excluding hydrogens is 228 g/mol. The van der Waals surface area contributed by atoms with E-state index < -0.39 is 5.97 Å². The molecule has 0 aliphatic heterocycles. The summed E-state index contributed by atoms with van der Waals surface area (Å²) in [6, 6.07) is 10.9. The molecule has 4 heteroatoms. The molecule has 0 saturated carbocycles. The number of aryl methyl sites for hydroxylation is 1. The Balaban J connectivity index is 2.58. The summed E-state index contributed by atoms with van der Waals surface area (Å²) in [4.78, 5) is 15.2. The fourth-order valence-electron chi connectivity index (χ4n) is 1.68. The van der Waals surface area contributed by atoms with Gasteiger partial charge >= 0.3 is 5.97 Å². The van der Waals surface area contributed by atoms with Gasteiger partial charge in [0.25, 0.3) is 0 Å². The number of rotatable bonds is 2. The highest BCUT2D eigenvalue weighted by atomic mass is 16.4. The molecule has 0 bridgehead atoms. The maximum Gasteiger partial charge on any atom is 0.337 e.